The lowest BCUT2D eigenvalue weighted by atomic mass is 10.2. The highest BCUT2D eigenvalue weighted by Crippen LogP contribution is 2.18. The van der Waals surface area contributed by atoms with E-state index >= 15 is 0 Å². The molecule has 0 unspecified atom stereocenters. The topological polar surface area (TPSA) is 52.9 Å². The Labute approximate surface area is 92.9 Å². The lowest BCUT2D eigenvalue weighted by Gasteiger charge is -2.16. The van der Waals surface area contributed by atoms with Crippen LogP contribution in [-0.4, -0.2) is 29.8 Å². The van der Waals surface area contributed by atoms with E-state index in [1.165, 1.54) is 0 Å². The van der Waals surface area contributed by atoms with Crippen LogP contribution >= 0.6 is 12.2 Å². The molecule has 0 atom stereocenters. The molecule has 0 aliphatic rings. The Kier molecular flexibility index (Phi) is 3.97. The predicted molar refractivity (Wildman–Crippen MR) is 62.0 cm³/mol. The Morgan fingerprint density at radius 1 is 1.53 bits per heavy atom. The maximum atomic E-state index is 10.5. The van der Waals surface area contributed by atoms with Crippen LogP contribution in [0.4, 0.5) is 11.4 Å². The molecule has 0 radical (unpaired) electrons. The van der Waals surface area contributed by atoms with E-state index in [1.54, 1.807) is 36.2 Å². The van der Waals surface area contributed by atoms with Crippen LogP contribution in [0.1, 0.15) is 0 Å². The summed E-state index contributed by atoms with van der Waals surface area (Å²) in [6.45, 7) is -0.0320. The molecule has 0 saturated heterocycles. The van der Waals surface area contributed by atoms with Crippen LogP contribution in [0.5, 0.6) is 0 Å². The van der Waals surface area contributed by atoms with E-state index in [2.05, 4.69) is 22.4 Å². The van der Waals surface area contributed by atoms with Gasteiger partial charge in [0.1, 0.15) is 6.54 Å². The number of aliphatic imine (C=N–C) groups is 1. The van der Waals surface area contributed by atoms with Crippen molar-refractivity contribution in [2.75, 3.05) is 18.5 Å². The summed E-state index contributed by atoms with van der Waals surface area (Å²) in [6, 6.07) is 7.09. The number of carbonyl (C=O) groups is 1. The van der Waals surface area contributed by atoms with E-state index in [0.29, 0.717) is 5.69 Å². The fraction of sp³-hybridized carbons (Fsp3) is 0.200. The molecule has 0 aliphatic carbocycles. The van der Waals surface area contributed by atoms with Crippen LogP contribution in [0, 0.1) is 0 Å². The third kappa shape index (κ3) is 3.50. The number of hydrogen-bond acceptors (Lipinski definition) is 4. The van der Waals surface area contributed by atoms with E-state index in [1.807, 2.05) is 0 Å². The Morgan fingerprint density at radius 3 is 2.60 bits per heavy atom. The maximum Gasteiger partial charge on any atom is 0.323 e. The van der Waals surface area contributed by atoms with Crippen LogP contribution in [0.15, 0.2) is 29.3 Å². The van der Waals surface area contributed by atoms with Crippen LogP contribution in [0.25, 0.3) is 0 Å². The fourth-order valence-corrected chi connectivity index (χ4v) is 1.23. The molecular weight excluding hydrogens is 212 g/mol. The van der Waals surface area contributed by atoms with Gasteiger partial charge in [0.15, 0.2) is 0 Å². The first kappa shape index (κ1) is 11.4. The number of likely N-dealkylation sites (N-methyl/N-ethyl adjacent to an activating group) is 1. The summed E-state index contributed by atoms with van der Waals surface area (Å²) in [6.07, 6.45) is 0. The number of hydrogen-bond donors (Lipinski definition) is 1. The van der Waals surface area contributed by atoms with Crippen molar-refractivity contribution in [2.24, 2.45) is 4.99 Å². The largest absolute Gasteiger partial charge is 0.480 e. The molecule has 5 heteroatoms. The second kappa shape index (κ2) is 5.24. The quantitative estimate of drug-likeness (QED) is 0.625. The van der Waals surface area contributed by atoms with Gasteiger partial charge in [-0.25, -0.2) is 0 Å². The third-order valence-electron chi connectivity index (χ3n) is 1.84. The first-order chi connectivity index (χ1) is 7.13. The molecule has 0 bridgehead atoms. The normalized spacial score (nSPS) is 9.13. The van der Waals surface area contributed by atoms with Crippen molar-refractivity contribution in [3.63, 3.8) is 0 Å². The fourth-order valence-electron chi connectivity index (χ4n) is 1.13. The number of thiocarbonyl (C=S) groups is 1. The summed E-state index contributed by atoms with van der Waals surface area (Å²) in [5.74, 6) is -0.863. The smallest absolute Gasteiger partial charge is 0.323 e. The van der Waals surface area contributed by atoms with Crippen molar-refractivity contribution in [1.82, 2.24) is 0 Å². The Balaban J connectivity index is 2.79. The number of carboxylic acids is 1. The van der Waals surface area contributed by atoms with Gasteiger partial charge in [-0.05, 0) is 36.5 Å². The van der Waals surface area contributed by atoms with Gasteiger partial charge in [0.05, 0.1) is 10.8 Å². The highest BCUT2D eigenvalue weighted by Gasteiger charge is 2.04. The summed E-state index contributed by atoms with van der Waals surface area (Å²) in [4.78, 5) is 15.9. The third-order valence-corrected chi connectivity index (χ3v) is 1.93. The maximum absolute atomic E-state index is 10.5. The highest BCUT2D eigenvalue weighted by molar-refractivity contribution is 7.78. The monoisotopic (exact) mass is 222 g/mol. The molecule has 78 valence electrons. The van der Waals surface area contributed by atoms with Gasteiger partial charge in [0.2, 0.25) is 0 Å². The van der Waals surface area contributed by atoms with E-state index in [-0.39, 0.29) is 6.54 Å². The lowest BCUT2D eigenvalue weighted by Crippen LogP contribution is -2.24. The van der Waals surface area contributed by atoms with Crippen LogP contribution in [0.3, 0.4) is 0 Å². The SMILES string of the molecule is CN(CC(=O)O)c1ccc(N=C=S)cc1. The van der Waals surface area contributed by atoms with Crippen molar-refractivity contribution < 1.29 is 9.90 Å². The standard InChI is InChI=1S/C10H10N2O2S/c1-12(6-10(13)14)9-4-2-8(3-5-9)11-7-15/h2-5H,6H2,1H3,(H,13,14). The minimum Gasteiger partial charge on any atom is -0.480 e. The molecule has 1 N–H and O–H groups in total. The van der Waals surface area contributed by atoms with E-state index in [9.17, 15) is 4.79 Å². The van der Waals surface area contributed by atoms with Crippen molar-refractivity contribution in [3.8, 4) is 0 Å². The van der Waals surface area contributed by atoms with Crippen LogP contribution in [-0.2, 0) is 4.79 Å². The summed E-state index contributed by atoms with van der Waals surface area (Å²) in [7, 11) is 1.71. The number of rotatable bonds is 4. The van der Waals surface area contributed by atoms with Gasteiger partial charge in [-0.3, -0.25) is 4.79 Å². The van der Waals surface area contributed by atoms with Crippen LogP contribution < -0.4 is 4.90 Å². The van der Waals surface area contributed by atoms with Gasteiger partial charge in [-0.2, -0.15) is 4.99 Å². The van der Waals surface area contributed by atoms with Gasteiger partial charge in [-0.1, -0.05) is 0 Å². The number of isothiocyanates is 1. The molecular formula is C10H10N2O2S. The number of aliphatic carboxylic acids is 1. The lowest BCUT2D eigenvalue weighted by molar-refractivity contribution is -0.135. The Bertz CT molecular complexity index is 396. The molecule has 0 amide bonds. The van der Waals surface area contributed by atoms with Gasteiger partial charge in [0, 0.05) is 12.7 Å². The molecule has 0 saturated carbocycles. The van der Waals surface area contributed by atoms with Crippen molar-refractivity contribution >= 4 is 34.7 Å². The molecule has 4 nitrogen and oxygen atoms in total. The molecule has 0 spiro atoms. The molecule has 0 aromatic heterocycles. The van der Waals surface area contributed by atoms with Crippen molar-refractivity contribution in [2.45, 2.75) is 0 Å². The molecule has 0 aliphatic heterocycles. The molecule has 15 heavy (non-hydrogen) atoms. The minimum absolute atomic E-state index is 0.0320. The molecule has 1 rings (SSSR count). The second-order valence-electron chi connectivity index (χ2n) is 2.97. The summed E-state index contributed by atoms with van der Waals surface area (Å²) in [5, 5.41) is 10.9. The highest BCUT2D eigenvalue weighted by atomic mass is 32.1. The molecule has 0 fully saturated rings. The molecule has 1 aromatic carbocycles. The minimum atomic E-state index is -0.863. The van der Waals surface area contributed by atoms with E-state index < -0.39 is 5.97 Å². The number of nitrogens with zero attached hydrogens (tertiary/aromatic N) is 2. The van der Waals surface area contributed by atoms with E-state index in [0.717, 1.165) is 5.69 Å². The summed E-state index contributed by atoms with van der Waals surface area (Å²) in [5.41, 5.74) is 1.53. The van der Waals surface area contributed by atoms with Gasteiger partial charge < -0.3 is 10.0 Å². The van der Waals surface area contributed by atoms with Gasteiger partial charge >= 0.3 is 5.97 Å². The first-order valence-corrected chi connectivity index (χ1v) is 4.65. The summed E-state index contributed by atoms with van der Waals surface area (Å²) < 4.78 is 0. The van der Waals surface area contributed by atoms with E-state index in [4.69, 9.17) is 5.11 Å². The molecule has 0 heterocycles. The molecule has 1 aromatic rings. The number of anilines is 1. The van der Waals surface area contributed by atoms with Crippen LogP contribution in [0.2, 0.25) is 0 Å². The van der Waals surface area contributed by atoms with Crippen molar-refractivity contribution in [3.05, 3.63) is 24.3 Å². The Morgan fingerprint density at radius 2 is 2.13 bits per heavy atom. The second-order valence-corrected chi connectivity index (χ2v) is 3.15. The van der Waals surface area contributed by atoms with Gasteiger partial charge in [0.25, 0.3) is 0 Å². The first-order valence-electron chi connectivity index (χ1n) is 4.24. The zero-order valence-corrected chi connectivity index (χ0v) is 8.99. The van der Waals surface area contributed by atoms with Crippen molar-refractivity contribution in [1.29, 1.82) is 0 Å². The number of carboxylic acid groups (broad SMARTS) is 1. The zero-order valence-electron chi connectivity index (χ0n) is 8.17. The zero-order chi connectivity index (χ0) is 11.3. The average molecular weight is 222 g/mol. The average Bonchev–Trinajstić information content (AvgIpc) is 2.18. The van der Waals surface area contributed by atoms with Gasteiger partial charge in [-0.15, -0.1) is 0 Å². The summed E-state index contributed by atoms with van der Waals surface area (Å²) >= 11 is 4.47. The predicted octanol–water partition coefficient (Wildman–Crippen LogP) is 1.94. The number of benzene rings is 1. The Hall–Kier alpha value is -1.71.